The Morgan fingerprint density at radius 3 is 2.48 bits per heavy atom. The van der Waals surface area contributed by atoms with E-state index in [4.69, 9.17) is 0 Å². The standard InChI is InChI=1S/C18H19FN2OS/c1-12-4-3-5-13(2)16(12)20-18(22)21-10-11-23-17(21)14-6-8-15(19)9-7-14/h3-9,17H,10-11H2,1-2H3,(H,20,22). The second-order valence-electron chi connectivity index (χ2n) is 5.67. The molecule has 1 aliphatic heterocycles. The third-order valence-electron chi connectivity index (χ3n) is 4.02. The fourth-order valence-electron chi connectivity index (χ4n) is 2.77. The summed E-state index contributed by atoms with van der Waals surface area (Å²) in [4.78, 5) is 14.5. The first-order valence-electron chi connectivity index (χ1n) is 7.57. The zero-order valence-electron chi connectivity index (χ0n) is 13.2. The van der Waals surface area contributed by atoms with Crippen LogP contribution in [-0.2, 0) is 0 Å². The van der Waals surface area contributed by atoms with Gasteiger partial charge in [-0.3, -0.25) is 0 Å². The monoisotopic (exact) mass is 330 g/mol. The van der Waals surface area contributed by atoms with Crippen LogP contribution in [0.4, 0.5) is 14.9 Å². The molecular formula is C18H19FN2OS. The summed E-state index contributed by atoms with van der Waals surface area (Å²) in [6, 6.07) is 12.2. The van der Waals surface area contributed by atoms with Crippen molar-refractivity contribution in [2.75, 3.05) is 17.6 Å². The van der Waals surface area contributed by atoms with Gasteiger partial charge in [-0.05, 0) is 42.7 Å². The minimum atomic E-state index is -0.261. The van der Waals surface area contributed by atoms with E-state index in [0.29, 0.717) is 6.54 Å². The minimum Gasteiger partial charge on any atom is -0.308 e. The van der Waals surface area contributed by atoms with Gasteiger partial charge in [-0.25, -0.2) is 9.18 Å². The van der Waals surface area contributed by atoms with Crippen molar-refractivity contribution in [1.29, 1.82) is 0 Å². The molecule has 1 heterocycles. The molecule has 1 atom stereocenters. The number of hydrogen-bond acceptors (Lipinski definition) is 2. The highest BCUT2D eigenvalue weighted by atomic mass is 32.2. The van der Waals surface area contributed by atoms with Gasteiger partial charge in [0.05, 0.1) is 0 Å². The van der Waals surface area contributed by atoms with Crippen LogP contribution in [0, 0.1) is 19.7 Å². The predicted molar refractivity (Wildman–Crippen MR) is 93.2 cm³/mol. The number of benzene rings is 2. The first-order chi connectivity index (χ1) is 11.1. The summed E-state index contributed by atoms with van der Waals surface area (Å²) >= 11 is 1.70. The molecule has 120 valence electrons. The summed E-state index contributed by atoms with van der Waals surface area (Å²) < 4.78 is 13.1. The van der Waals surface area contributed by atoms with Crippen molar-refractivity contribution in [2.45, 2.75) is 19.2 Å². The summed E-state index contributed by atoms with van der Waals surface area (Å²) in [5.41, 5.74) is 3.91. The number of rotatable bonds is 2. The number of amides is 2. The maximum atomic E-state index is 13.1. The van der Waals surface area contributed by atoms with Crippen molar-refractivity contribution in [1.82, 2.24) is 4.90 Å². The number of carbonyl (C=O) groups excluding carboxylic acids is 1. The lowest BCUT2D eigenvalue weighted by Gasteiger charge is -2.25. The second-order valence-corrected chi connectivity index (χ2v) is 6.85. The van der Waals surface area contributed by atoms with Crippen molar-refractivity contribution < 1.29 is 9.18 Å². The van der Waals surface area contributed by atoms with Gasteiger partial charge in [0.1, 0.15) is 11.2 Å². The Morgan fingerprint density at radius 1 is 1.17 bits per heavy atom. The molecule has 1 aliphatic rings. The van der Waals surface area contributed by atoms with Gasteiger partial charge in [0, 0.05) is 18.0 Å². The van der Waals surface area contributed by atoms with E-state index in [1.165, 1.54) is 12.1 Å². The molecule has 3 rings (SSSR count). The van der Waals surface area contributed by atoms with E-state index in [-0.39, 0.29) is 17.2 Å². The molecule has 0 aliphatic carbocycles. The van der Waals surface area contributed by atoms with Crippen LogP contribution in [0.25, 0.3) is 0 Å². The van der Waals surface area contributed by atoms with E-state index in [1.807, 2.05) is 36.9 Å². The van der Waals surface area contributed by atoms with Gasteiger partial charge in [-0.15, -0.1) is 11.8 Å². The van der Waals surface area contributed by atoms with E-state index in [2.05, 4.69) is 5.32 Å². The summed E-state index contributed by atoms with van der Waals surface area (Å²) in [6.45, 7) is 4.65. The van der Waals surface area contributed by atoms with E-state index in [1.54, 1.807) is 23.9 Å². The zero-order chi connectivity index (χ0) is 16.4. The van der Waals surface area contributed by atoms with Gasteiger partial charge in [0.15, 0.2) is 0 Å². The van der Waals surface area contributed by atoms with E-state index < -0.39 is 0 Å². The van der Waals surface area contributed by atoms with Crippen molar-refractivity contribution in [3.63, 3.8) is 0 Å². The third-order valence-corrected chi connectivity index (χ3v) is 5.28. The Kier molecular flexibility index (Phi) is 4.57. The molecule has 2 aromatic carbocycles. The molecule has 0 aromatic heterocycles. The predicted octanol–water partition coefficient (Wildman–Crippen LogP) is 4.72. The molecule has 5 heteroatoms. The number of anilines is 1. The molecule has 0 radical (unpaired) electrons. The highest BCUT2D eigenvalue weighted by molar-refractivity contribution is 7.99. The smallest absolute Gasteiger partial charge is 0.308 e. The Morgan fingerprint density at radius 2 is 1.83 bits per heavy atom. The van der Waals surface area contributed by atoms with Gasteiger partial charge >= 0.3 is 6.03 Å². The number of urea groups is 1. The first-order valence-corrected chi connectivity index (χ1v) is 8.62. The number of hydrogen-bond donors (Lipinski definition) is 1. The summed E-state index contributed by atoms with van der Waals surface area (Å²) in [7, 11) is 0. The van der Waals surface area contributed by atoms with Crippen molar-refractivity contribution in [3.05, 3.63) is 65.0 Å². The molecule has 23 heavy (non-hydrogen) atoms. The van der Waals surface area contributed by atoms with E-state index in [0.717, 1.165) is 28.1 Å². The minimum absolute atomic E-state index is 0.0695. The summed E-state index contributed by atoms with van der Waals surface area (Å²) in [6.07, 6.45) is 0. The molecule has 0 spiro atoms. The van der Waals surface area contributed by atoms with Crippen molar-refractivity contribution >= 4 is 23.5 Å². The Labute approximate surface area is 139 Å². The maximum absolute atomic E-state index is 13.1. The number of nitrogens with one attached hydrogen (secondary N) is 1. The summed E-state index contributed by atoms with van der Waals surface area (Å²) in [5, 5.41) is 2.96. The molecule has 0 saturated carbocycles. The zero-order valence-corrected chi connectivity index (χ0v) is 14.0. The van der Waals surface area contributed by atoms with Crippen LogP contribution < -0.4 is 5.32 Å². The molecular weight excluding hydrogens is 311 g/mol. The fourth-order valence-corrected chi connectivity index (χ4v) is 4.03. The number of nitrogens with zero attached hydrogens (tertiary/aromatic N) is 1. The molecule has 1 N–H and O–H groups in total. The van der Waals surface area contributed by atoms with Crippen LogP contribution in [0.5, 0.6) is 0 Å². The largest absolute Gasteiger partial charge is 0.323 e. The van der Waals surface area contributed by atoms with Crippen LogP contribution in [0.15, 0.2) is 42.5 Å². The van der Waals surface area contributed by atoms with Crippen LogP contribution >= 0.6 is 11.8 Å². The molecule has 0 bridgehead atoms. The van der Waals surface area contributed by atoms with Crippen molar-refractivity contribution in [3.8, 4) is 0 Å². The Hall–Kier alpha value is -2.01. The molecule has 1 unspecified atom stereocenters. The van der Waals surface area contributed by atoms with Crippen LogP contribution in [0.3, 0.4) is 0 Å². The molecule has 2 amide bonds. The highest BCUT2D eigenvalue weighted by Crippen LogP contribution is 2.38. The second kappa shape index (κ2) is 6.62. The lowest BCUT2D eigenvalue weighted by atomic mass is 10.1. The number of carbonyl (C=O) groups is 1. The number of halogens is 1. The maximum Gasteiger partial charge on any atom is 0.323 e. The number of aryl methyl sites for hydroxylation is 2. The first kappa shape index (κ1) is 15.9. The molecule has 3 nitrogen and oxygen atoms in total. The Balaban J connectivity index is 1.80. The number of thioether (sulfide) groups is 1. The lowest BCUT2D eigenvalue weighted by Crippen LogP contribution is -2.34. The van der Waals surface area contributed by atoms with Gasteiger partial charge < -0.3 is 10.2 Å². The average molecular weight is 330 g/mol. The normalized spacial score (nSPS) is 17.3. The topological polar surface area (TPSA) is 32.3 Å². The number of para-hydroxylation sites is 1. The highest BCUT2D eigenvalue weighted by Gasteiger charge is 2.31. The average Bonchev–Trinajstić information content (AvgIpc) is 3.01. The van der Waals surface area contributed by atoms with Gasteiger partial charge in [0.25, 0.3) is 0 Å². The quantitative estimate of drug-likeness (QED) is 0.864. The lowest BCUT2D eigenvalue weighted by molar-refractivity contribution is 0.214. The molecule has 1 fully saturated rings. The Bertz CT molecular complexity index is 697. The fraction of sp³-hybridized carbons (Fsp3) is 0.278. The van der Waals surface area contributed by atoms with Crippen LogP contribution in [0.1, 0.15) is 22.1 Å². The van der Waals surface area contributed by atoms with Gasteiger partial charge in [-0.2, -0.15) is 0 Å². The van der Waals surface area contributed by atoms with Crippen molar-refractivity contribution in [2.24, 2.45) is 0 Å². The SMILES string of the molecule is Cc1cccc(C)c1NC(=O)N1CCSC1c1ccc(F)cc1. The molecule has 1 saturated heterocycles. The van der Waals surface area contributed by atoms with E-state index in [9.17, 15) is 9.18 Å². The van der Waals surface area contributed by atoms with E-state index >= 15 is 0 Å². The van der Waals surface area contributed by atoms with Crippen LogP contribution in [-0.4, -0.2) is 23.2 Å². The van der Waals surface area contributed by atoms with Gasteiger partial charge in [-0.1, -0.05) is 30.3 Å². The summed E-state index contributed by atoms with van der Waals surface area (Å²) in [5.74, 6) is 0.616. The van der Waals surface area contributed by atoms with Gasteiger partial charge in [0.2, 0.25) is 0 Å². The third kappa shape index (κ3) is 3.34. The van der Waals surface area contributed by atoms with Crippen LogP contribution in [0.2, 0.25) is 0 Å². The molecule has 2 aromatic rings.